The largest absolute Gasteiger partial charge is 0.149 e. The fourth-order valence-corrected chi connectivity index (χ4v) is 2.96. The molecule has 0 nitrogen and oxygen atoms in total. The Balaban J connectivity index is 2.49. The van der Waals surface area contributed by atoms with E-state index in [0.717, 1.165) is 5.92 Å². The van der Waals surface area contributed by atoms with Crippen LogP contribution in [0.25, 0.3) is 0 Å². The Kier molecular flexibility index (Phi) is 6.00. The van der Waals surface area contributed by atoms with Gasteiger partial charge in [0.1, 0.15) is 0 Å². The van der Waals surface area contributed by atoms with Gasteiger partial charge in [0.2, 0.25) is 0 Å². The van der Waals surface area contributed by atoms with Crippen molar-refractivity contribution >= 4 is 11.3 Å². The maximum atomic E-state index is 2.42. The average molecular weight is 224 g/mol. The maximum absolute atomic E-state index is 2.42. The predicted octanol–water partition coefficient (Wildman–Crippen LogP) is 5.38. The first kappa shape index (κ1) is 12.8. The van der Waals surface area contributed by atoms with Gasteiger partial charge in [-0.05, 0) is 42.2 Å². The molecular formula is C14H24S. The average Bonchev–Trinajstić information content (AvgIpc) is 2.73. The second kappa shape index (κ2) is 7.05. The summed E-state index contributed by atoms with van der Waals surface area (Å²) in [7, 11) is 0. The van der Waals surface area contributed by atoms with Gasteiger partial charge in [-0.3, -0.25) is 0 Å². The lowest BCUT2D eigenvalue weighted by Crippen LogP contribution is -1.95. The van der Waals surface area contributed by atoms with Crippen LogP contribution in [0.2, 0.25) is 0 Å². The van der Waals surface area contributed by atoms with Crippen LogP contribution in [-0.4, -0.2) is 0 Å². The van der Waals surface area contributed by atoms with E-state index in [9.17, 15) is 0 Å². The van der Waals surface area contributed by atoms with Gasteiger partial charge >= 0.3 is 0 Å². The van der Waals surface area contributed by atoms with Crippen molar-refractivity contribution in [2.75, 3.05) is 0 Å². The summed E-state index contributed by atoms with van der Waals surface area (Å²) in [6.07, 6.45) is 7.98. The summed E-state index contributed by atoms with van der Waals surface area (Å²) in [5, 5.41) is 2.37. The van der Waals surface area contributed by atoms with E-state index in [1.165, 1.54) is 38.5 Å². The standard InChI is InChI=1S/C14H24S/c1-4-7-8-9-12(5-2)13-10-14(6-3)15-11-13/h10-12H,4-9H2,1-3H3. The molecule has 1 heteroatoms. The summed E-state index contributed by atoms with van der Waals surface area (Å²) in [5.74, 6) is 0.813. The first-order valence-corrected chi connectivity index (χ1v) is 7.27. The molecule has 0 radical (unpaired) electrons. The minimum absolute atomic E-state index is 0.813. The van der Waals surface area contributed by atoms with E-state index in [0.29, 0.717) is 0 Å². The van der Waals surface area contributed by atoms with Gasteiger partial charge in [-0.25, -0.2) is 0 Å². The Morgan fingerprint density at radius 2 is 2.00 bits per heavy atom. The highest BCUT2D eigenvalue weighted by Gasteiger charge is 2.10. The number of hydrogen-bond acceptors (Lipinski definition) is 1. The van der Waals surface area contributed by atoms with Crippen molar-refractivity contribution < 1.29 is 0 Å². The highest BCUT2D eigenvalue weighted by molar-refractivity contribution is 7.10. The molecule has 0 fully saturated rings. The van der Waals surface area contributed by atoms with E-state index in [1.54, 1.807) is 10.4 Å². The molecule has 1 aromatic rings. The molecule has 0 saturated heterocycles. The van der Waals surface area contributed by atoms with E-state index < -0.39 is 0 Å². The summed E-state index contributed by atoms with van der Waals surface area (Å²) in [5.41, 5.74) is 1.59. The number of unbranched alkanes of at least 4 members (excludes halogenated alkanes) is 2. The summed E-state index contributed by atoms with van der Waals surface area (Å²) in [6.45, 7) is 6.84. The Morgan fingerprint density at radius 1 is 1.20 bits per heavy atom. The van der Waals surface area contributed by atoms with Gasteiger partial charge < -0.3 is 0 Å². The predicted molar refractivity (Wildman–Crippen MR) is 70.9 cm³/mol. The van der Waals surface area contributed by atoms with Gasteiger partial charge in [0.25, 0.3) is 0 Å². The molecule has 0 spiro atoms. The molecular weight excluding hydrogens is 200 g/mol. The summed E-state index contributed by atoms with van der Waals surface area (Å²) < 4.78 is 0. The van der Waals surface area contributed by atoms with E-state index in [2.05, 4.69) is 32.2 Å². The quantitative estimate of drug-likeness (QED) is 0.545. The normalized spacial score (nSPS) is 13.0. The van der Waals surface area contributed by atoms with Gasteiger partial charge in [0.05, 0.1) is 0 Å². The molecule has 0 N–H and O–H groups in total. The van der Waals surface area contributed by atoms with Crippen LogP contribution in [0.1, 0.15) is 69.2 Å². The van der Waals surface area contributed by atoms with Crippen LogP contribution in [0, 0.1) is 0 Å². The topological polar surface area (TPSA) is 0 Å². The maximum Gasteiger partial charge on any atom is 0.00454 e. The molecule has 0 bridgehead atoms. The molecule has 1 atom stereocenters. The molecule has 1 aromatic heterocycles. The second-order valence-corrected chi connectivity index (χ2v) is 5.30. The Morgan fingerprint density at radius 3 is 2.53 bits per heavy atom. The first-order valence-electron chi connectivity index (χ1n) is 6.39. The molecule has 1 heterocycles. The van der Waals surface area contributed by atoms with Crippen LogP contribution in [0.15, 0.2) is 11.4 Å². The lowest BCUT2D eigenvalue weighted by molar-refractivity contribution is 0.554. The fraction of sp³-hybridized carbons (Fsp3) is 0.714. The Bertz CT molecular complexity index is 262. The molecule has 0 aromatic carbocycles. The van der Waals surface area contributed by atoms with E-state index in [-0.39, 0.29) is 0 Å². The monoisotopic (exact) mass is 224 g/mol. The van der Waals surface area contributed by atoms with Crippen LogP contribution in [-0.2, 0) is 6.42 Å². The molecule has 86 valence electrons. The van der Waals surface area contributed by atoms with Crippen LogP contribution < -0.4 is 0 Å². The molecule has 1 unspecified atom stereocenters. The number of hydrogen-bond donors (Lipinski definition) is 0. The molecule has 0 aliphatic carbocycles. The third kappa shape index (κ3) is 3.98. The molecule has 0 aliphatic heterocycles. The molecule has 1 rings (SSSR count). The molecule has 0 saturated carbocycles. The van der Waals surface area contributed by atoms with Crippen molar-refractivity contribution in [1.29, 1.82) is 0 Å². The zero-order chi connectivity index (χ0) is 11.1. The summed E-state index contributed by atoms with van der Waals surface area (Å²) >= 11 is 1.93. The SMILES string of the molecule is CCCCCC(CC)c1csc(CC)c1. The van der Waals surface area contributed by atoms with Crippen LogP contribution >= 0.6 is 11.3 Å². The van der Waals surface area contributed by atoms with Crippen molar-refractivity contribution in [3.8, 4) is 0 Å². The lowest BCUT2D eigenvalue weighted by Gasteiger charge is -2.12. The van der Waals surface area contributed by atoms with Crippen molar-refractivity contribution in [1.82, 2.24) is 0 Å². The van der Waals surface area contributed by atoms with Crippen molar-refractivity contribution in [2.45, 2.75) is 65.2 Å². The van der Waals surface area contributed by atoms with Gasteiger partial charge in [-0.1, -0.05) is 40.0 Å². The number of aryl methyl sites for hydroxylation is 1. The minimum atomic E-state index is 0.813. The van der Waals surface area contributed by atoms with Gasteiger partial charge in [-0.2, -0.15) is 0 Å². The van der Waals surface area contributed by atoms with Crippen molar-refractivity contribution in [3.05, 3.63) is 21.9 Å². The smallest absolute Gasteiger partial charge is 0.00454 e. The van der Waals surface area contributed by atoms with Gasteiger partial charge in [0, 0.05) is 4.88 Å². The van der Waals surface area contributed by atoms with Gasteiger partial charge in [0.15, 0.2) is 0 Å². The van der Waals surface area contributed by atoms with E-state index in [4.69, 9.17) is 0 Å². The van der Waals surface area contributed by atoms with Crippen LogP contribution in [0.3, 0.4) is 0 Å². The number of thiophene rings is 1. The van der Waals surface area contributed by atoms with Crippen LogP contribution in [0.5, 0.6) is 0 Å². The van der Waals surface area contributed by atoms with E-state index >= 15 is 0 Å². The lowest BCUT2D eigenvalue weighted by atomic mass is 9.93. The molecule has 15 heavy (non-hydrogen) atoms. The highest BCUT2D eigenvalue weighted by atomic mass is 32.1. The zero-order valence-corrected chi connectivity index (χ0v) is 11.2. The van der Waals surface area contributed by atoms with Crippen molar-refractivity contribution in [3.63, 3.8) is 0 Å². The fourth-order valence-electron chi connectivity index (χ4n) is 2.04. The summed E-state index contributed by atoms with van der Waals surface area (Å²) in [6, 6.07) is 2.42. The summed E-state index contributed by atoms with van der Waals surface area (Å²) in [4.78, 5) is 1.54. The zero-order valence-electron chi connectivity index (χ0n) is 10.4. The third-order valence-electron chi connectivity index (χ3n) is 3.14. The van der Waals surface area contributed by atoms with E-state index in [1.807, 2.05) is 11.3 Å². The van der Waals surface area contributed by atoms with Crippen LogP contribution in [0.4, 0.5) is 0 Å². The molecule has 0 amide bonds. The molecule has 0 aliphatic rings. The highest BCUT2D eigenvalue weighted by Crippen LogP contribution is 2.29. The minimum Gasteiger partial charge on any atom is -0.149 e. The Labute approximate surface area is 98.7 Å². The van der Waals surface area contributed by atoms with Gasteiger partial charge in [-0.15, -0.1) is 11.3 Å². The van der Waals surface area contributed by atoms with Crippen molar-refractivity contribution in [2.24, 2.45) is 0 Å². The number of rotatable bonds is 7. The second-order valence-electron chi connectivity index (χ2n) is 4.30. The first-order chi connectivity index (χ1) is 7.31. The third-order valence-corrected chi connectivity index (χ3v) is 4.24. The Hall–Kier alpha value is -0.300.